The number of hydrogen-bond donors (Lipinski definition) is 2. The Morgan fingerprint density at radius 2 is 2.06 bits per heavy atom. The van der Waals surface area contributed by atoms with Crippen LogP contribution in [0.25, 0.3) is 0 Å². The Kier molecular flexibility index (Phi) is 4.86. The lowest BCUT2D eigenvalue weighted by atomic mass is 10.1. The van der Waals surface area contributed by atoms with Crippen molar-refractivity contribution in [3.05, 3.63) is 34.9 Å². The summed E-state index contributed by atoms with van der Waals surface area (Å²) in [6.07, 6.45) is 0. The lowest BCUT2D eigenvalue weighted by Gasteiger charge is -2.26. The maximum absolute atomic E-state index is 10.7. The molecule has 0 radical (unpaired) electrons. The third-order valence-electron chi connectivity index (χ3n) is 2.28. The molecule has 3 N–H and O–H groups in total. The number of nitrogens with zero attached hydrogens (tertiary/aromatic N) is 1. The quantitative estimate of drug-likeness (QED) is 0.799. The summed E-state index contributed by atoms with van der Waals surface area (Å²) in [5.41, 5.74) is 6.47. The minimum Gasteiger partial charge on any atom is -0.480 e. The fourth-order valence-corrected chi connectivity index (χ4v) is 2.03. The Morgan fingerprint density at radius 3 is 2.47 bits per heavy atom. The molecular weight excluding hydrogens is 260 g/mol. The van der Waals surface area contributed by atoms with Crippen molar-refractivity contribution in [1.82, 2.24) is 4.90 Å². The fourth-order valence-electron chi connectivity index (χ4n) is 1.59. The van der Waals surface area contributed by atoms with Crippen LogP contribution in [0.15, 0.2) is 24.3 Å². The van der Waals surface area contributed by atoms with E-state index in [1.54, 1.807) is 36.2 Å². The largest absolute Gasteiger partial charge is 0.480 e. The van der Waals surface area contributed by atoms with Gasteiger partial charge in [-0.1, -0.05) is 36.0 Å². The van der Waals surface area contributed by atoms with E-state index in [4.69, 9.17) is 34.7 Å². The smallest absolute Gasteiger partial charge is 0.317 e. The van der Waals surface area contributed by atoms with Gasteiger partial charge in [0.15, 0.2) is 0 Å². The summed E-state index contributed by atoms with van der Waals surface area (Å²) < 4.78 is 0. The molecular formula is C11H13ClN2O2S. The molecule has 4 nitrogen and oxygen atoms in total. The summed E-state index contributed by atoms with van der Waals surface area (Å²) in [7, 11) is 1.66. The third-order valence-corrected chi connectivity index (χ3v) is 2.76. The minimum atomic E-state index is -0.928. The number of halogens is 1. The Balaban J connectivity index is 2.96. The highest BCUT2D eigenvalue weighted by atomic mass is 35.5. The fraction of sp³-hybridized carbons (Fsp3) is 0.273. The molecule has 6 heteroatoms. The number of aliphatic carboxylic acids is 1. The zero-order valence-electron chi connectivity index (χ0n) is 9.26. The number of hydrogen-bond acceptors (Lipinski definition) is 3. The van der Waals surface area contributed by atoms with E-state index >= 15 is 0 Å². The molecule has 0 aromatic heterocycles. The van der Waals surface area contributed by atoms with Gasteiger partial charge in [0, 0.05) is 5.02 Å². The topological polar surface area (TPSA) is 66.6 Å². The van der Waals surface area contributed by atoms with Crippen molar-refractivity contribution in [1.29, 1.82) is 0 Å². The lowest BCUT2D eigenvalue weighted by molar-refractivity contribution is -0.138. The van der Waals surface area contributed by atoms with Crippen LogP contribution in [0.3, 0.4) is 0 Å². The molecule has 92 valence electrons. The molecule has 0 fully saturated rings. The predicted octanol–water partition coefficient (Wildman–Crippen LogP) is 1.68. The van der Waals surface area contributed by atoms with Gasteiger partial charge in [-0.2, -0.15) is 0 Å². The molecule has 0 bridgehead atoms. The Hall–Kier alpha value is -1.17. The van der Waals surface area contributed by atoms with E-state index in [0.29, 0.717) is 5.02 Å². The summed E-state index contributed by atoms with van der Waals surface area (Å²) in [5.74, 6) is -0.928. The summed E-state index contributed by atoms with van der Waals surface area (Å²) >= 11 is 10.8. The highest BCUT2D eigenvalue weighted by Gasteiger charge is 2.21. The Morgan fingerprint density at radius 1 is 1.53 bits per heavy atom. The van der Waals surface area contributed by atoms with Gasteiger partial charge in [-0.3, -0.25) is 9.69 Å². The molecule has 0 heterocycles. The van der Waals surface area contributed by atoms with Crippen molar-refractivity contribution in [2.24, 2.45) is 5.73 Å². The first-order chi connectivity index (χ1) is 7.91. The van der Waals surface area contributed by atoms with E-state index in [1.807, 2.05) is 0 Å². The van der Waals surface area contributed by atoms with Gasteiger partial charge in [-0.05, 0) is 24.7 Å². The summed E-state index contributed by atoms with van der Waals surface area (Å²) in [5, 5.41) is 9.37. The molecule has 0 aliphatic heterocycles. The van der Waals surface area contributed by atoms with E-state index in [0.717, 1.165) is 5.56 Å². The maximum atomic E-state index is 10.7. The lowest BCUT2D eigenvalue weighted by Crippen LogP contribution is -2.37. The van der Waals surface area contributed by atoms with Crippen molar-refractivity contribution >= 4 is 34.8 Å². The third kappa shape index (κ3) is 3.96. The van der Waals surface area contributed by atoms with E-state index in [-0.39, 0.29) is 11.5 Å². The van der Waals surface area contributed by atoms with Crippen LogP contribution in [-0.4, -0.2) is 34.6 Å². The Labute approximate surface area is 110 Å². The highest BCUT2D eigenvalue weighted by molar-refractivity contribution is 7.80. The van der Waals surface area contributed by atoms with Gasteiger partial charge in [0.2, 0.25) is 0 Å². The molecule has 1 aromatic rings. The molecule has 1 rings (SSSR count). The second kappa shape index (κ2) is 5.95. The zero-order chi connectivity index (χ0) is 13.0. The number of benzene rings is 1. The summed E-state index contributed by atoms with van der Waals surface area (Å²) in [6, 6.07) is 6.60. The second-order valence-electron chi connectivity index (χ2n) is 3.67. The van der Waals surface area contributed by atoms with Gasteiger partial charge in [-0.25, -0.2) is 0 Å². The normalized spacial score (nSPS) is 12.4. The van der Waals surface area contributed by atoms with Gasteiger partial charge in [-0.15, -0.1) is 0 Å². The maximum Gasteiger partial charge on any atom is 0.317 e. The molecule has 0 spiro atoms. The minimum absolute atomic E-state index is 0.134. The van der Waals surface area contributed by atoms with Crippen LogP contribution in [0.2, 0.25) is 5.02 Å². The second-order valence-corrected chi connectivity index (χ2v) is 4.57. The number of carboxylic acid groups (broad SMARTS) is 1. The van der Waals surface area contributed by atoms with Crippen molar-refractivity contribution in [3.8, 4) is 0 Å². The number of nitrogens with two attached hydrogens (primary N) is 1. The van der Waals surface area contributed by atoms with Crippen LogP contribution in [0.5, 0.6) is 0 Å². The first kappa shape index (κ1) is 13.9. The average Bonchev–Trinajstić information content (AvgIpc) is 2.19. The Bertz CT molecular complexity index is 422. The van der Waals surface area contributed by atoms with Crippen molar-refractivity contribution in [2.75, 3.05) is 13.6 Å². The van der Waals surface area contributed by atoms with Crippen molar-refractivity contribution in [2.45, 2.75) is 6.04 Å². The standard InChI is InChI=1S/C11H13ClN2O2S/c1-14(6-9(15)16)10(11(13)17)7-2-4-8(12)5-3-7/h2-5,10H,6H2,1H3,(H2,13,17)(H,15,16). The number of likely N-dealkylation sites (N-methyl/N-ethyl adjacent to an activating group) is 1. The van der Waals surface area contributed by atoms with Gasteiger partial charge in [0.25, 0.3) is 0 Å². The molecule has 17 heavy (non-hydrogen) atoms. The van der Waals surface area contributed by atoms with Crippen molar-refractivity contribution in [3.63, 3.8) is 0 Å². The number of carboxylic acids is 1. The van der Waals surface area contributed by atoms with Crippen LogP contribution in [0.4, 0.5) is 0 Å². The SMILES string of the molecule is CN(CC(=O)O)C(C(N)=S)c1ccc(Cl)cc1. The van der Waals surface area contributed by atoms with E-state index in [9.17, 15) is 4.79 Å². The van der Waals surface area contributed by atoms with Gasteiger partial charge in [0.05, 0.1) is 17.6 Å². The van der Waals surface area contributed by atoms with Gasteiger partial charge >= 0.3 is 5.97 Å². The van der Waals surface area contributed by atoms with Crippen molar-refractivity contribution < 1.29 is 9.90 Å². The average molecular weight is 273 g/mol. The predicted molar refractivity (Wildman–Crippen MR) is 71.2 cm³/mol. The molecule has 1 atom stereocenters. The van der Waals surface area contributed by atoms with E-state index in [2.05, 4.69) is 0 Å². The molecule has 0 amide bonds. The van der Waals surface area contributed by atoms with Crippen LogP contribution in [0.1, 0.15) is 11.6 Å². The summed E-state index contributed by atoms with van der Waals surface area (Å²) in [6.45, 7) is -0.134. The van der Waals surface area contributed by atoms with Crippen LogP contribution in [0, 0.1) is 0 Å². The highest BCUT2D eigenvalue weighted by Crippen LogP contribution is 2.21. The molecule has 1 aromatic carbocycles. The number of thiocarbonyl (C=S) groups is 1. The van der Waals surface area contributed by atoms with Crippen LogP contribution >= 0.6 is 23.8 Å². The van der Waals surface area contributed by atoms with Crippen LogP contribution < -0.4 is 5.73 Å². The molecule has 0 aliphatic carbocycles. The first-order valence-corrected chi connectivity index (χ1v) is 5.67. The molecule has 0 saturated heterocycles. The van der Waals surface area contributed by atoms with E-state index in [1.165, 1.54) is 0 Å². The first-order valence-electron chi connectivity index (χ1n) is 4.88. The van der Waals surface area contributed by atoms with Gasteiger partial charge in [0.1, 0.15) is 0 Å². The molecule has 1 unspecified atom stereocenters. The van der Waals surface area contributed by atoms with E-state index < -0.39 is 12.0 Å². The van der Waals surface area contributed by atoms with Gasteiger partial charge < -0.3 is 10.8 Å². The molecule has 0 saturated carbocycles. The monoisotopic (exact) mass is 272 g/mol. The number of carbonyl (C=O) groups is 1. The zero-order valence-corrected chi connectivity index (χ0v) is 10.8. The summed E-state index contributed by atoms with van der Waals surface area (Å²) in [4.78, 5) is 12.5. The number of rotatable bonds is 5. The molecule has 0 aliphatic rings. The van der Waals surface area contributed by atoms with Crippen LogP contribution in [-0.2, 0) is 4.79 Å².